The highest BCUT2D eigenvalue weighted by molar-refractivity contribution is 5.95. The van der Waals surface area contributed by atoms with Crippen molar-refractivity contribution < 1.29 is 18.0 Å². The molecule has 0 unspecified atom stereocenters. The quantitative estimate of drug-likeness (QED) is 0.849. The molecule has 0 saturated heterocycles. The number of aryl methyl sites for hydroxylation is 2. The Morgan fingerprint density at radius 2 is 2.08 bits per heavy atom. The molecule has 1 amide bonds. The van der Waals surface area contributed by atoms with Crippen molar-refractivity contribution in [3.63, 3.8) is 0 Å². The van der Waals surface area contributed by atoms with Crippen LogP contribution in [0.15, 0.2) is 18.2 Å². The Kier molecular flexibility index (Phi) is 4.83. The third-order valence-electron chi connectivity index (χ3n) is 4.50. The number of hydrogen-bond donors (Lipinski definition) is 1. The van der Waals surface area contributed by atoms with E-state index >= 15 is 0 Å². The van der Waals surface area contributed by atoms with E-state index in [2.05, 4.69) is 5.10 Å². The second-order valence-corrected chi connectivity index (χ2v) is 6.39. The summed E-state index contributed by atoms with van der Waals surface area (Å²) in [6, 6.07) is 5.94. The Labute approximate surface area is 144 Å². The number of aromatic nitrogens is 2. The maximum absolute atomic E-state index is 13.9. The van der Waals surface area contributed by atoms with Crippen molar-refractivity contribution in [2.24, 2.45) is 0 Å². The summed E-state index contributed by atoms with van der Waals surface area (Å²) < 4.78 is 40.0. The Bertz CT molecular complexity index is 784. The molecule has 0 aliphatic heterocycles. The van der Waals surface area contributed by atoms with Gasteiger partial charge in [-0.2, -0.15) is 9.49 Å². The Morgan fingerprint density at radius 3 is 2.68 bits per heavy atom. The smallest absolute Gasteiger partial charge is 0.283 e. The minimum Gasteiger partial charge on any atom is -0.331 e. The van der Waals surface area contributed by atoms with Crippen LogP contribution in [0.4, 0.5) is 13.2 Å². The first-order chi connectivity index (χ1) is 11.9. The highest BCUT2D eigenvalue weighted by Gasteiger charge is 2.37. The molecule has 1 aliphatic carbocycles. The van der Waals surface area contributed by atoms with Crippen LogP contribution in [-0.4, -0.2) is 27.0 Å². The van der Waals surface area contributed by atoms with Crippen LogP contribution >= 0.6 is 0 Å². The van der Waals surface area contributed by atoms with Gasteiger partial charge in [-0.3, -0.25) is 9.89 Å². The fourth-order valence-corrected chi connectivity index (χ4v) is 3.02. The number of amides is 1. The van der Waals surface area contributed by atoms with Gasteiger partial charge in [-0.25, -0.2) is 8.78 Å². The summed E-state index contributed by atoms with van der Waals surface area (Å²) in [7, 11) is 0. The number of nitrogens with zero attached hydrogens (tertiary/aromatic N) is 2. The predicted molar refractivity (Wildman–Crippen MR) is 87.0 cm³/mol. The number of halogens is 3. The second kappa shape index (κ2) is 6.90. The number of H-pyrrole nitrogens is 1. The molecule has 1 fully saturated rings. The molecule has 7 heteroatoms. The minimum absolute atomic E-state index is 0.0439. The van der Waals surface area contributed by atoms with Gasteiger partial charge in [0.1, 0.15) is 11.3 Å². The van der Waals surface area contributed by atoms with Crippen LogP contribution in [0.1, 0.15) is 58.9 Å². The maximum Gasteiger partial charge on any atom is 0.283 e. The van der Waals surface area contributed by atoms with E-state index in [-0.39, 0.29) is 12.6 Å². The standard InChI is InChI=1S/C18H20F3N3O/c1-3-11-5-4-10(2)8-12(11)9-24(13-6-7-13)18(25)14-15(16(19)20)22-23-17(14)21/h4-5,8,13,16H,3,6-7,9H2,1-2H3,(H,22,23). The average Bonchev–Trinajstić information content (AvgIpc) is 3.33. The van der Waals surface area contributed by atoms with Gasteiger partial charge in [-0.05, 0) is 37.3 Å². The summed E-state index contributed by atoms with van der Waals surface area (Å²) in [5, 5.41) is 5.12. The van der Waals surface area contributed by atoms with E-state index in [1.54, 1.807) is 0 Å². The maximum atomic E-state index is 13.9. The van der Waals surface area contributed by atoms with Crippen LogP contribution in [0.25, 0.3) is 0 Å². The van der Waals surface area contributed by atoms with E-state index in [1.165, 1.54) is 4.90 Å². The van der Waals surface area contributed by atoms with Gasteiger partial charge in [0.25, 0.3) is 12.3 Å². The Morgan fingerprint density at radius 1 is 1.36 bits per heavy atom. The van der Waals surface area contributed by atoms with E-state index in [0.29, 0.717) is 0 Å². The number of nitrogens with one attached hydrogen (secondary N) is 1. The lowest BCUT2D eigenvalue weighted by Crippen LogP contribution is -2.34. The van der Waals surface area contributed by atoms with Crippen LogP contribution in [-0.2, 0) is 13.0 Å². The first kappa shape index (κ1) is 17.5. The second-order valence-electron chi connectivity index (χ2n) is 6.39. The van der Waals surface area contributed by atoms with Crippen molar-refractivity contribution >= 4 is 5.91 Å². The normalized spacial score (nSPS) is 14.2. The fraction of sp³-hybridized carbons (Fsp3) is 0.444. The van der Waals surface area contributed by atoms with Gasteiger partial charge < -0.3 is 4.90 Å². The van der Waals surface area contributed by atoms with Crippen molar-refractivity contribution in [3.8, 4) is 0 Å². The Hall–Kier alpha value is -2.31. The van der Waals surface area contributed by atoms with Gasteiger partial charge in [0.15, 0.2) is 0 Å². The number of rotatable bonds is 6. The summed E-state index contributed by atoms with van der Waals surface area (Å²) in [5.41, 5.74) is 1.63. The lowest BCUT2D eigenvalue weighted by Gasteiger charge is -2.24. The van der Waals surface area contributed by atoms with Crippen molar-refractivity contribution in [1.29, 1.82) is 0 Å². The molecule has 1 saturated carbocycles. The van der Waals surface area contributed by atoms with Crippen molar-refractivity contribution in [2.75, 3.05) is 0 Å². The van der Waals surface area contributed by atoms with Crippen LogP contribution in [0.2, 0.25) is 0 Å². The molecular formula is C18H20F3N3O. The average molecular weight is 351 g/mol. The van der Waals surface area contributed by atoms with Gasteiger partial charge in [0.2, 0.25) is 5.95 Å². The van der Waals surface area contributed by atoms with Gasteiger partial charge in [-0.15, -0.1) is 0 Å². The van der Waals surface area contributed by atoms with Gasteiger partial charge in [0.05, 0.1) is 0 Å². The molecular weight excluding hydrogens is 331 g/mol. The van der Waals surface area contributed by atoms with Gasteiger partial charge >= 0.3 is 0 Å². The van der Waals surface area contributed by atoms with E-state index in [0.717, 1.165) is 36.0 Å². The van der Waals surface area contributed by atoms with Crippen molar-refractivity contribution in [1.82, 2.24) is 15.1 Å². The van der Waals surface area contributed by atoms with E-state index in [4.69, 9.17) is 0 Å². The summed E-state index contributed by atoms with van der Waals surface area (Å²) in [5.74, 6) is -1.83. The molecule has 4 nitrogen and oxygen atoms in total. The molecule has 1 aromatic heterocycles. The molecule has 0 radical (unpaired) electrons. The zero-order valence-electron chi connectivity index (χ0n) is 14.2. The highest BCUT2D eigenvalue weighted by atomic mass is 19.3. The number of carbonyl (C=O) groups is 1. The van der Waals surface area contributed by atoms with Crippen molar-refractivity contribution in [2.45, 2.75) is 52.1 Å². The van der Waals surface area contributed by atoms with Crippen molar-refractivity contribution in [3.05, 3.63) is 52.1 Å². The van der Waals surface area contributed by atoms with Crippen LogP contribution in [0.3, 0.4) is 0 Å². The Balaban J connectivity index is 1.94. The summed E-state index contributed by atoms with van der Waals surface area (Å²) in [4.78, 5) is 14.3. The lowest BCUT2D eigenvalue weighted by atomic mass is 10.0. The first-order valence-electron chi connectivity index (χ1n) is 8.33. The topological polar surface area (TPSA) is 49.0 Å². The number of aromatic amines is 1. The number of carbonyl (C=O) groups excluding carboxylic acids is 1. The molecule has 1 heterocycles. The minimum atomic E-state index is -3.01. The lowest BCUT2D eigenvalue weighted by molar-refractivity contribution is 0.0712. The number of hydrogen-bond acceptors (Lipinski definition) is 2. The SMILES string of the molecule is CCc1ccc(C)cc1CN(C(=O)c1c(C(F)F)n[nH]c1F)C1CC1. The molecule has 1 aromatic carbocycles. The van der Waals surface area contributed by atoms with Gasteiger partial charge in [0, 0.05) is 12.6 Å². The highest BCUT2D eigenvalue weighted by Crippen LogP contribution is 2.33. The molecule has 25 heavy (non-hydrogen) atoms. The molecule has 2 aromatic rings. The summed E-state index contributed by atoms with van der Waals surface area (Å²) in [6.45, 7) is 4.25. The number of benzene rings is 1. The summed E-state index contributed by atoms with van der Waals surface area (Å²) in [6.07, 6.45) is -0.624. The summed E-state index contributed by atoms with van der Waals surface area (Å²) >= 11 is 0. The van der Waals surface area contributed by atoms with E-state index < -0.39 is 29.5 Å². The largest absolute Gasteiger partial charge is 0.331 e. The molecule has 0 spiro atoms. The van der Waals surface area contributed by atoms with E-state index in [1.807, 2.05) is 37.1 Å². The predicted octanol–water partition coefficient (Wildman–Crippen LogP) is 4.16. The van der Waals surface area contributed by atoms with E-state index in [9.17, 15) is 18.0 Å². The third kappa shape index (κ3) is 3.55. The monoisotopic (exact) mass is 351 g/mol. The molecule has 134 valence electrons. The van der Waals surface area contributed by atoms with Crippen LogP contribution in [0.5, 0.6) is 0 Å². The molecule has 3 rings (SSSR count). The molecule has 0 atom stereocenters. The number of alkyl halides is 2. The molecule has 1 aliphatic rings. The van der Waals surface area contributed by atoms with Crippen LogP contribution in [0, 0.1) is 12.9 Å². The first-order valence-corrected chi connectivity index (χ1v) is 8.33. The zero-order valence-corrected chi connectivity index (χ0v) is 14.2. The fourth-order valence-electron chi connectivity index (χ4n) is 3.02. The molecule has 1 N–H and O–H groups in total. The van der Waals surface area contributed by atoms with Crippen LogP contribution < -0.4 is 0 Å². The third-order valence-corrected chi connectivity index (χ3v) is 4.50. The zero-order chi connectivity index (χ0) is 18.1. The molecule has 0 bridgehead atoms. The van der Waals surface area contributed by atoms with Gasteiger partial charge in [-0.1, -0.05) is 30.7 Å².